The summed E-state index contributed by atoms with van der Waals surface area (Å²) >= 11 is 9.55. The molecule has 0 spiro atoms. The van der Waals surface area contributed by atoms with Crippen molar-refractivity contribution in [2.24, 2.45) is 12.8 Å². The Morgan fingerprint density at radius 2 is 2.16 bits per heavy atom. The molecule has 0 aliphatic heterocycles. The number of halogens is 2. The fraction of sp³-hybridized carbons (Fsp3) is 0.357. The van der Waals surface area contributed by atoms with Crippen LogP contribution in [0.5, 0.6) is 0 Å². The number of aromatic nitrogens is 2. The van der Waals surface area contributed by atoms with Crippen molar-refractivity contribution in [1.29, 1.82) is 0 Å². The third kappa shape index (κ3) is 3.38. The quantitative estimate of drug-likeness (QED) is 0.922. The van der Waals surface area contributed by atoms with E-state index < -0.39 is 0 Å². The van der Waals surface area contributed by atoms with Gasteiger partial charge in [-0.25, -0.2) is 0 Å². The molecule has 1 atom stereocenters. The molecule has 0 bridgehead atoms. The number of rotatable bonds is 4. The summed E-state index contributed by atoms with van der Waals surface area (Å²) in [6.45, 7) is 2.10. The molecule has 19 heavy (non-hydrogen) atoms. The molecule has 2 rings (SSSR count). The summed E-state index contributed by atoms with van der Waals surface area (Å²) in [6.07, 6.45) is 1.67. The van der Waals surface area contributed by atoms with Crippen molar-refractivity contribution in [1.82, 2.24) is 9.78 Å². The maximum atomic E-state index is 6.29. The highest BCUT2D eigenvalue weighted by Crippen LogP contribution is 2.27. The topological polar surface area (TPSA) is 43.8 Å². The molecule has 2 aromatic rings. The Bertz CT molecular complexity index is 580. The van der Waals surface area contributed by atoms with Gasteiger partial charge in [-0.15, -0.1) is 0 Å². The lowest BCUT2D eigenvalue weighted by Crippen LogP contribution is -2.16. The molecule has 0 aliphatic carbocycles. The van der Waals surface area contributed by atoms with Gasteiger partial charge < -0.3 is 5.73 Å². The Kier molecular flexibility index (Phi) is 4.66. The van der Waals surface area contributed by atoms with Gasteiger partial charge in [0.1, 0.15) is 0 Å². The molecule has 0 amide bonds. The van der Waals surface area contributed by atoms with Gasteiger partial charge in [-0.05, 0) is 36.2 Å². The SMILES string of the molecule is CCc1cc(CC(N)c2cc(Cl)ccc2Br)n(C)n1. The summed E-state index contributed by atoms with van der Waals surface area (Å²) < 4.78 is 2.89. The minimum absolute atomic E-state index is 0.104. The van der Waals surface area contributed by atoms with E-state index in [1.54, 1.807) is 0 Å². The molecule has 2 N–H and O–H groups in total. The molecule has 102 valence electrons. The van der Waals surface area contributed by atoms with Gasteiger partial charge in [0, 0.05) is 34.7 Å². The van der Waals surface area contributed by atoms with Crippen molar-refractivity contribution < 1.29 is 0 Å². The summed E-state index contributed by atoms with van der Waals surface area (Å²) in [7, 11) is 1.95. The van der Waals surface area contributed by atoms with Crippen LogP contribution in [-0.2, 0) is 19.9 Å². The number of aryl methyl sites for hydroxylation is 2. The zero-order valence-electron chi connectivity index (χ0n) is 11.0. The average molecular weight is 343 g/mol. The number of nitrogens with zero attached hydrogens (tertiary/aromatic N) is 2. The molecule has 1 heterocycles. The van der Waals surface area contributed by atoms with Gasteiger partial charge in [0.25, 0.3) is 0 Å². The van der Waals surface area contributed by atoms with Crippen LogP contribution in [-0.4, -0.2) is 9.78 Å². The van der Waals surface area contributed by atoms with Gasteiger partial charge in [0.05, 0.1) is 5.69 Å². The number of benzene rings is 1. The summed E-state index contributed by atoms with van der Waals surface area (Å²) in [6, 6.07) is 7.69. The van der Waals surface area contributed by atoms with Gasteiger partial charge in [0.2, 0.25) is 0 Å². The van der Waals surface area contributed by atoms with E-state index in [1.165, 1.54) is 0 Å². The zero-order chi connectivity index (χ0) is 14.0. The van der Waals surface area contributed by atoms with E-state index >= 15 is 0 Å². The minimum Gasteiger partial charge on any atom is -0.324 e. The van der Waals surface area contributed by atoms with Crippen LogP contribution in [0.25, 0.3) is 0 Å². The van der Waals surface area contributed by atoms with Crippen molar-refractivity contribution >= 4 is 27.5 Å². The van der Waals surface area contributed by atoms with Crippen molar-refractivity contribution in [3.05, 3.63) is 50.7 Å². The summed E-state index contributed by atoms with van der Waals surface area (Å²) in [4.78, 5) is 0. The van der Waals surface area contributed by atoms with E-state index in [4.69, 9.17) is 17.3 Å². The van der Waals surface area contributed by atoms with Crippen LogP contribution in [0.2, 0.25) is 5.02 Å². The Labute approximate surface area is 126 Å². The highest BCUT2D eigenvalue weighted by atomic mass is 79.9. The van der Waals surface area contributed by atoms with E-state index in [0.717, 1.165) is 34.3 Å². The van der Waals surface area contributed by atoms with Crippen LogP contribution in [0, 0.1) is 0 Å². The molecule has 0 fully saturated rings. The largest absolute Gasteiger partial charge is 0.324 e. The van der Waals surface area contributed by atoms with Gasteiger partial charge in [0.15, 0.2) is 0 Å². The minimum atomic E-state index is -0.104. The van der Waals surface area contributed by atoms with E-state index in [-0.39, 0.29) is 6.04 Å². The first-order valence-corrected chi connectivity index (χ1v) is 7.40. The Morgan fingerprint density at radius 3 is 2.79 bits per heavy atom. The van der Waals surface area contributed by atoms with Crippen LogP contribution in [0.1, 0.15) is 29.9 Å². The third-order valence-electron chi connectivity index (χ3n) is 3.18. The van der Waals surface area contributed by atoms with Gasteiger partial charge in [-0.2, -0.15) is 5.10 Å². The number of hydrogen-bond acceptors (Lipinski definition) is 2. The van der Waals surface area contributed by atoms with Gasteiger partial charge in [-0.1, -0.05) is 34.5 Å². The second kappa shape index (κ2) is 6.07. The molecular formula is C14H17BrClN3. The maximum absolute atomic E-state index is 6.29. The Balaban J connectivity index is 2.22. The van der Waals surface area contributed by atoms with Crippen molar-refractivity contribution in [2.75, 3.05) is 0 Å². The molecule has 0 aliphatic rings. The normalized spacial score (nSPS) is 12.7. The molecule has 5 heteroatoms. The predicted molar refractivity (Wildman–Crippen MR) is 82.4 cm³/mol. The Hall–Kier alpha value is -0.840. The highest BCUT2D eigenvalue weighted by Gasteiger charge is 2.14. The second-order valence-electron chi connectivity index (χ2n) is 4.58. The van der Waals surface area contributed by atoms with E-state index in [2.05, 4.69) is 34.0 Å². The standard InChI is InChI=1S/C14H17BrClN3/c1-3-10-7-11(19(2)18-10)8-14(17)12-6-9(16)4-5-13(12)15/h4-7,14H,3,8,17H2,1-2H3. The zero-order valence-corrected chi connectivity index (χ0v) is 13.4. The van der Waals surface area contributed by atoms with E-state index in [0.29, 0.717) is 5.02 Å². The fourth-order valence-electron chi connectivity index (χ4n) is 2.07. The maximum Gasteiger partial charge on any atom is 0.0624 e. The summed E-state index contributed by atoms with van der Waals surface area (Å²) in [5.41, 5.74) is 9.53. The Morgan fingerprint density at radius 1 is 1.42 bits per heavy atom. The highest BCUT2D eigenvalue weighted by molar-refractivity contribution is 9.10. The molecule has 0 radical (unpaired) electrons. The van der Waals surface area contributed by atoms with Gasteiger partial charge in [-0.3, -0.25) is 4.68 Å². The number of hydrogen-bond donors (Lipinski definition) is 1. The summed E-state index contributed by atoms with van der Waals surface area (Å²) in [5, 5.41) is 5.14. The molecular weight excluding hydrogens is 326 g/mol. The van der Waals surface area contributed by atoms with E-state index in [1.807, 2.05) is 29.9 Å². The van der Waals surface area contributed by atoms with Crippen LogP contribution in [0.15, 0.2) is 28.7 Å². The van der Waals surface area contributed by atoms with Crippen molar-refractivity contribution in [3.8, 4) is 0 Å². The van der Waals surface area contributed by atoms with Crippen LogP contribution in [0.3, 0.4) is 0 Å². The van der Waals surface area contributed by atoms with Crippen LogP contribution >= 0.6 is 27.5 Å². The first-order valence-electron chi connectivity index (χ1n) is 6.23. The average Bonchev–Trinajstić information content (AvgIpc) is 2.73. The van der Waals surface area contributed by atoms with Crippen molar-refractivity contribution in [3.63, 3.8) is 0 Å². The molecule has 0 saturated carbocycles. The predicted octanol–water partition coefficient (Wildman–Crippen LogP) is 3.64. The van der Waals surface area contributed by atoms with Gasteiger partial charge >= 0.3 is 0 Å². The van der Waals surface area contributed by atoms with Crippen LogP contribution < -0.4 is 5.73 Å². The fourth-order valence-corrected chi connectivity index (χ4v) is 2.79. The monoisotopic (exact) mass is 341 g/mol. The summed E-state index contributed by atoms with van der Waals surface area (Å²) in [5.74, 6) is 0. The lowest BCUT2D eigenvalue weighted by atomic mass is 10.0. The lowest BCUT2D eigenvalue weighted by Gasteiger charge is -2.14. The number of nitrogens with two attached hydrogens (primary N) is 1. The molecule has 1 unspecified atom stereocenters. The van der Waals surface area contributed by atoms with E-state index in [9.17, 15) is 0 Å². The molecule has 1 aromatic heterocycles. The van der Waals surface area contributed by atoms with Crippen LogP contribution in [0.4, 0.5) is 0 Å². The molecule has 1 aromatic carbocycles. The first kappa shape index (κ1) is 14.6. The van der Waals surface area contributed by atoms with Crippen molar-refractivity contribution in [2.45, 2.75) is 25.8 Å². The second-order valence-corrected chi connectivity index (χ2v) is 5.87. The molecule has 3 nitrogen and oxygen atoms in total. The third-order valence-corrected chi connectivity index (χ3v) is 4.13. The smallest absolute Gasteiger partial charge is 0.0624 e. The lowest BCUT2D eigenvalue weighted by molar-refractivity contribution is 0.637. The first-order chi connectivity index (χ1) is 9.01. The molecule has 0 saturated heterocycles.